The van der Waals surface area contributed by atoms with Crippen molar-refractivity contribution in [1.29, 1.82) is 0 Å². The molecule has 28 heavy (non-hydrogen) atoms. The maximum absolute atomic E-state index is 13.1. The molecule has 0 amide bonds. The summed E-state index contributed by atoms with van der Waals surface area (Å²) in [6.07, 6.45) is 5.80. The second-order valence-corrected chi connectivity index (χ2v) is 7.46. The minimum atomic E-state index is -0.156. The van der Waals surface area contributed by atoms with Crippen molar-refractivity contribution < 1.29 is 4.39 Å². The average molecular weight is 423 g/mol. The average Bonchev–Trinajstić information content (AvgIpc) is 2.70. The Morgan fingerprint density at radius 1 is 0.857 bits per heavy atom. The molecule has 1 aliphatic carbocycles. The first-order valence-electron chi connectivity index (χ1n) is 9.73. The van der Waals surface area contributed by atoms with E-state index in [1.807, 2.05) is 12.1 Å². The number of rotatable bonds is 4. The Morgan fingerprint density at radius 2 is 1.54 bits per heavy atom. The minimum Gasteiger partial charge on any atom is -0.298 e. The van der Waals surface area contributed by atoms with Crippen LogP contribution in [0.3, 0.4) is 0 Å². The summed E-state index contributed by atoms with van der Waals surface area (Å²) in [6, 6.07) is 18.4. The van der Waals surface area contributed by atoms with Gasteiger partial charge in [0, 0.05) is 38.8 Å². The highest BCUT2D eigenvalue weighted by molar-refractivity contribution is 5.85. The van der Waals surface area contributed by atoms with Crippen LogP contribution < -0.4 is 0 Å². The maximum Gasteiger partial charge on any atom is 0.123 e. The summed E-state index contributed by atoms with van der Waals surface area (Å²) in [7, 11) is 0. The zero-order chi connectivity index (χ0) is 17.8. The van der Waals surface area contributed by atoms with Crippen LogP contribution in [0.25, 0.3) is 5.57 Å². The molecule has 1 atom stereocenters. The quantitative estimate of drug-likeness (QED) is 0.648. The van der Waals surface area contributed by atoms with Gasteiger partial charge >= 0.3 is 0 Å². The fourth-order valence-corrected chi connectivity index (χ4v) is 4.21. The molecule has 0 N–H and O–H groups in total. The van der Waals surface area contributed by atoms with Gasteiger partial charge in [0.15, 0.2) is 0 Å². The van der Waals surface area contributed by atoms with Gasteiger partial charge in [-0.05, 0) is 48.1 Å². The first kappa shape index (κ1) is 22.9. The summed E-state index contributed by atoms with van der Waals surface area (Å²) < 4.78 is 13.1. The second kappa shape index (κ2) is 11.0. The van der Waals surface area contributed by atoms with Gasteiger partial charge in [-0.2, -0.15) is 0 Å². The van der Waals surface area contributed by atoms with E-state index >= 15 is 0 Å². The van der Waals surface area contributed by atoms with Crippen LogP contribution in [0, 0.1) is 5.82 Å². The molecule has 1 heterocycles. The Balaban J connectivity index is 0.00000140. The van der Waals surface area contributed by atoms with Crippen molar-refractivity contribution in [3.8, 4) is 0 Å². The van der Waals surface area contributed by atoms with Crippen molar-refractivity contribution in [3.05, 3.63) is 77.6 Å². The highest BCUT2D eigenvalue weighted by Crippen LogP contribution is 2.30. The first-order chi connectivity index (χ1) is 12.8. The Hall–Kier alpha value is -1.39. The summed E-state index contributed by atoms with van der Waals surface area (Å²) in [5, 5.41) is 0. The Kier molecular flexibility index (Phi) is 8.97. The van der Waals surface area contributed by atoms with Crippen molar-refractivity contribution in [3.63, 3.8) is 0 Å². The molecule has 2 nitrogen and oxygen atoms in total. The lowest BCUT2D eigenvalue weighted by Gasteiger charge is -2.40. The molecule has 0 saturated carbocycles. The molecule has 2 aromatic carbocycles. The lowest BCUT2D eigenvalue weighted by atomic mass is 9.89. The third-order valence-corrected chi connectivity index (χ3v) is 5.77. The first-order valence-corrected chi connectivity index (χ1v) is 9.73. The number of piperazine rings is 1. The van der Waals surface area contributed by atoms with Crippen molar-refractivity contribution in [2.75, 3.05) is 26.2 Å². The largest absolute Gasteiger partial charge is 0.298 e. The summed E-state index contributed by atoms with van der Waals surface area (Å²) in [5.41, 5.74) is 3.96. The van der Waals surface area contributed by atoms with E-state index in [2.05, 4.69) is 46.2 Å². The van der Waals surface area contributed by atoms with E-state index in [0.717, 1.165) is 45.6 Å². The number of benzene rings is 2. The molecule has 1 saturated heterocycles. The molecule has 5 heteroatoms. The number of hydrogen-bond acceptors (Lipinski definition) is 2. The van der Waals surface area contributed by atoms with Crippen molar-refractivity contribution in [1.82, 2.24) is 9.80 Å². The van der Waals surface area contributed by atoms with E-state index < -0.39 is 0 Å². The molecule has 1 unspecified atom stereocenters. The van der Waals surface area contributed by atoms with E-state index in [1.165, 1.54) is 23.1 Å². The third-order valence-electron chi connectivity index (χ3n) is 5.77. The zero-order valence-corrected chi connectivity index (χ0v) is 17.7. The fraction of sp³-hybridized carbons (Fsp3) is 0.391. The smallest absolute Gasteiger partial charge is 0.123 e. The van der Waals surface area contributed by atoms with Gasteiger partial charge in [-0.3, -0.25) is 9.80 Å². The fourth-order valence-electron chi connectivity index (χ4n) is 4.21. The number of nitrogens with zero attached hydrogens (tertiary/aromatic N) is 2. The minimum absolute atomic E-state index is 0. The van der Waals surface area contributed by atoms with Gasteiger partial charge in [0.05, 0.1) is 0 Å². The molecule has 0 radical (unpaired) electrons. The third kappa shape index (κ3) is 5.81. The molecular formula is C23H29Cl2FN2. The van der Waals surface area contributed by atoms with Gasteiger partial charge in [0.25, 0.3) is 0 Å². The van der Waals surface area contributed by atoms with Crippen LogP contribution in [-0.2, 0) is 6.54 Å². The monoisotopic (exact) mass is 422 g/mol. The molecule has 1 aliphatic heterocycles. The molecule has 0 bridgehead atoms. The van der Waals surface area contributed by atoms with Gasteiger partial charge in [-0.15, -0.1) is 24.8 Å². The Bertz CT molecular complexity index is 741. The van der Waals surface area contributed by atoms with Gasteiger partial charge in [0.1, 0.15) is 5.82 Å². The van der Waals surface area contributed by atoms with Crippen molar-refractivity contribution >= 4 is 30.4 Å². The SMILES string of the molecule is Cl.Cl.Fc1ccc(C2=CCC(N3CCN(Cc4ccccc4)CC3)CC2)cc1. The lowest BCUT2D eigenvalue weighted by Crippen LogP contribution is -2.50. The van der Waals surface area contributed by atoms with Gasteiger partial charge in [0.2, 0.25) is 0 Å². The second-order valence-electron chi connectivity index (χ2n) is 7.46. The van der Waals surface area contributed by atoms with Crippen LogP contribution in [0.1, 0.15) is 30.4 Å². The molecule has 4 rings (SSSR count). The molecule has 0 spiro atoms. The predicted molar refractivity (Wildman–Crippen MR) is 120 cm³/mol. The van der Waals surface area contributed by atoms with Crippen LogP contribution in [-0.4, -0.2) is 42.0 Å². The molecule has 1 fully saturated rings. The lowest BCUT2D eigenvalue weighted by molar-refractivity contribution is 0.0881. The summed E-state index contributed by atoms with van der Waals surface area (Å²) in [5.74, 6) is -0.156. The highest BCUT2D eigenvalue weighted by Gasteiger charge is 2.25. The number of halogens is 3. The summed E-state index contributed by atoms with van der Waals surface area (Å²) >= 11 is 0. The van der Waals surface area contributed by atoms with Gasteiger partial charge in [-0.1, -0.05) is 48.5 Å². The Labute approximate surface area is 180 Å². The van der Waals surface area contributed by atoms with Crippen LogP contribution in [0.15, 0.2) is 60.7 Å². The molecule has 0 aromatic heterocycles. The van der Waals surface area contributed by atoms with Crippen molar-refractivity contribution in [2.45, 2.75) is 31.8 Å². The number of hydrogen-bond donors (Lipinski definition) is 0. The van der Waals surface area contributed by atoms with Crippen LogP contribution in [0.5, 0.6) is 0 Å². The van der Waals surface area contributed by atoms with E-state index in [0.29, 0.717) is 6.04 Å². The van der Waals surface area contributed by atoms with E-state index in [9.17, 15) is 4.39 Å². The standard InChI is InChI=1S/C23H27FN2.2ClH/c24-22-10-6-20(7-11-22)21-8-12-23(13-9-21)26-16-14-25(15-17-26)18-19-4-2-1-3-5-19;;/h1-8,10-11,23H,9,12-18H2;2*1H. The normalized spacial score (nSPS) is 20.6. The van der Waals surface area contributed by atoms with Crippen LogP contribution in [0.2, 0.25) is 0 Å². The molecular weight excluding hydrogens is 394 g/mol. The Morgan fingerprint density at radius 3 is 2.14 bits per heavy atom. The topological polar surface area (TPSA) is 6.48 Å². The van der Waals surface area contributed by atoms with Gasteiger partial charge < -0.3 is 0 Å². The zero-order valence-electron chi connectivity index (χ0n) is 16.1. The molecule has 152 valence electrons. The van der Waals surface area contributed by atoms with E-state index in [4.69, 9.17) is 0 Å². The predicted octanol–water partition coefficient (Wildman–Crippen LogP) is 5.42. The van der Waals surface area contributed by atoms with Crippen LogP contribution in [0.4, 0.5) is 4.39 Å². The maximum atomic E-state index is 13.1. The van der Waals surface area contributed by atoms with Gasteiger partial charge in [-0.25, -0.2) is 4.39 Å². The molecule has 2 aliphatic rings. The number of allylic oxidation sites excluding steroid dienone is 1. The van der Waals surface area contributed by atoms with E-state index in [1.54, 1.807) is 12.1 Å². The van der Waals surface area contributed by atoms with Crippen LogP contribution >= 0.6 is 24.8 Å². The summed E-state index contributed by atoms with van der Waals surface area (Å²) in [6.45, 7) is 5.70. The summed E-state index contributed by atoms with van der Waals surface area (Å²) in [4.78, 5) is 5.23. The molecule has 2 aromatic rings. The van der Waals surface area contributed by atoms with Crippen molar-refractivity contribution in [2.24, 2.45) is 0 Å². The van der Waals surface area contributed by atoms with E-state index in [-0.39, 0.29) is 30.6 Å². The highest BCUT2D eigenvalue weighted by atomic mass is 35.5.